The molecule has 2 aromatic heterocycles. The first-order valence-electron chi connectivity index (χ1n) is 9.15. The highest BCUT2D eigenvalue weighted by molar-refractivity contribution is 6.14. The van der Waals surface area contributed by atoms with E-state index in [1.807, 2.05) is 11.1 Å². The van der Waals surface area contributed by atoms with Crippen molar-refractivity contribution in [1.29, 1.82) is 0 Å². The smallest absolute Gasteiger partial charge is 0.267 e. The molecule has 0 aliphatic carbocycles. The highest BCUT2D eigenvalue weighted by Gasteiger charge is 2.30. The van der Waals surface area contributed by atoms with Crippen molar-refractivity contribution in [3.05, 3.63) is 64.0 Å². The van der Waals surface area contributed by atoms with Gasteiger partial charge in [-0.3, -0.25) is 24.1 Å². The number of nitrogens with zero attached hydrogens (tertiary/aromatic N) is 6. The van der Waals surface area contributed by atoms with Crippen LogP contribution < -0.4 is 5.56 Å². The maximum atomic E-state index is 12.9. The minimum absolute atomic E-state index is 0.145. The summed E-state index contributed by atoms with van der Waals surface area (Å²) in [5.74, 6) is -0.104. The van der Waals surface area contributed by atoms with Crippen LogP contribution in [-0.2, 0) is 0 Å². The van der Waals surface area contributed by atoms with Crippen molar-refractivity contribution in [2.75, 3.05) is 33.2 Å². The molecule has 28 heavy (non-hydrogen) atoms. The van der Waals surface area contributed by atoms with Gasteiger partial charge >= 0.3 is 0 Å². The van der Waals surface area contributed by atoms with Crippen LogP contribution in [0.15, 0.2) is 46.6 Å². The van der Waals surface area contributed by atoms with Gasteiger partial charge in [0.25, 0.3) is 5.56 Å². The Labute approximate surface area is 160 Å². The van der Waals surface area contributed by atoms with E-state index in [0.29, 0.717) is 22.2 Å². The summed E-state index contributed by atoms with van der Waals surface area (Å²) >= 11 is 0. The molecule has 5 rings (SSSR count). The molecule has 0 unspecified atom stereocenters. The summed E-state index contributed by atoms with van der Waals surface area (Å²) in [5, 5.41) is 6.95. The van der Waals surface area contributed by atoms with Crippen molar-refractivity contribution in [1.82, 2.24) is 24.4 Å². The molecule has 140 valence electrons. The number of carbonyl (C=O) groups excluding carboxylic acids is 1. The molecule has 8 nitrogen and oxygen atoms in total. The van der Waals surface area contributed by atoms with E-state index in [1.165, 1.54) is 10.8 Å². The Morgan fingerprint density at radius 1 is 1.11 bits per heavy atom. The number of rotatable bonds is 2. The fraction of sp³-hybridized carbons (Fsp3) is 0.250. The number of piperazine rings is 1. The second-order valence-electron chi connectivity index (χ2n) is 7.08. The Kier molecular flexibility index (Phi) is 3.80. The predicted molar refractivity (Wildman–Crippen MR) is 105 cm³/mol. The molecular formula is C20H18N6O2. The summed E-state index contributed by atoms with van der Waals surface area (Å²) in [7, 11) is 2.10. The lowest BCUT2D eigenvalue weighted by Gasteiger charge is -2.30. The molecule has 1 aromatic carbocycles. The standard InChI is InChI=1S/C20H18N6O2/c1-24-6-8-25(9-7-24)22-11-13-2-3-17-14(10-13)18(27)19-23-16-4-5-21-12-15(16)20(28)26(17)19/h2-5,10-12H,6-9H2,1H3/b22-11-. The van der Waals surface area contributed by atoms with Crippen LogP contribution in [0.2, 0.25) is 0 Å². The molecule has 8 heteroatoms. The Hall–Kier alpha value is -3.39. The van der Waals surface area contributed by atoms with Crippen LogP contribution in [0.25, 0.3) is 16.6 Å². The SMILES string of the molecule is CN1CCN(/N=C\c2ccc3c(c2)C(=O)c2nc4ccncc4c(=O)n2-3)CC1. The maximum absolute atomic E-state index is 12.9. The molecule has 0 N–H and O–H groups in total. The number of hydrogen-bond donors (Lipinski definition) is 0. The van der Waals surface area contributed by atoms with Gasteiger partial charge in [0.05, 0.1) is 28.4 Å². The average molecular weight is 374 g/mol. The van der Waals surface area contributed by atoms with E-state index in [-0.39, 0.29) is 17.2 Å². The van der Waals surface area contributed by atoms with E-state index < -0.39 is 0 Å². The number of pyridine rings is 1. The minimum Gasteiger partial charge on any atom is -0.303 e. The van der Waals surface area contributed by atoms with E-state index in [2.05, 4.69) is 27.0 Å². The molecule has 3 aromatic rings. The molecule has 0 spiro atoms. The number of fused-ring (bicyclic) bond motifs is 4. The summed E-state index contributed by atoms with van der Waals surface area (Å²) in [4.78, 5) is 36.4. The Balaban J connectivity index is 1.52. The molecule has 0 atom stereocenters. The summed E-state index contributed by atoms with van der Waals surface area (Å²) in [6.07, 6.45) is 4.81. The molecule has 0 amide bonds. The predicted octanol–water partition coefficient (Wildman–Crippen LogP) is 0.906. The Bertz CT molecular complexity index is 1190. The topological polar surface area (TPSA) is 83.7 Å². The highest BCUT2D eigenvalue weighted by Crippen LogP contribution is 2.26. The number of hydrazone groups is 1. The lowest BCUT2D eigenvalue weighted by Crippen LogP contribution is -2.41. The molecule has 0 radical (unpaired) electrons. The van der Waals surface area contributed by atoms with Gasteiger partial charge in [0.1, 0.15) is 0 Å². The third-order valence-electron chi connectivity index (χ3n) is 5.23. The molecule has 0 bridgehead atoms. The minimum atomic E-state index is -0.279. The monoisotopic (exact) mass is 374 g/mol. The molecule has 1 fully saturated rings. The summed E-state index contributed by atoms with van der Waals surface area (Å²) in [6.45, 7) is 3.71. The second-order valence-corrected chi connectivity index (χ2v) is 7.08. The van der Waals surface area contributed by atoms with Gasteiger partial charge in [-0.2, -0.15) is 5.10 Å². The average Bonchev–Trinajstić information content (AvgIpc) is 3.00. The number of hydrogen-bond acceptors (Lipinski definition) is 7. The van der Waals surface area contributed by atoms with Crippen LogP contribution in [-0.4, -0.2) is 69.7 Å². The third kappa shape index (κ3) is 2.61. The maximum Gasteiger partial charge on any atom is 0.267 e. The zero-order valence-corrected chi connectivity index (χ0v) is 15.4. The normalized spacial score (nSPS) is 16.8. The molecule has 1 saturated heterocycles. The van der Waals surface area contributed by atoms with Gasteiger partial charge in [-0.05, 0) is 30.8 Å². The fourth-order valence-electron chi connectivity index (χ4n) is 3.60. The summed E-state index contributed by atoms with van der Waals surface area (Å²) in [6, 6.07) is 7.05. The van der Waals surface area contributed by atoms with Gasteiger partial charge in [-0.25, -0.2) is 4.98 Å². The number of likely N-dealkylation sites (N-methyl/N-ethyl adjacent to an activating group) is 1. The lowest BCUT2D eigenvalue weighted by atomic mass is 10.1. The molecule has 4 heterocycles. The highest BCUT2D eigenvalue weighted by atomic mass is 16.1. The van der Waals surface area contributed by atoms with Crippen molar-refractivity contribution in [3.63, 3.8) is 0 Å². The van der Waals surface area contributed by atoms with Crippen LogP contribution >= 0.6 is 0 Å². The molecule has 2 aliphatic heterocycles. The quantitative estimate of drug-likeness (QED) is 0.485. The third-order valence-corrected chi connectivity index (χ3v) is 5.23. The zero-order chi connectivity index (χ0) is 19.3. The van der Waals surface area contributed by atoms with Crippen LogP contribution in [0, 0.1) is 0 Å². The van der Waals surface area contributed by atoms with Crippen LogP contribution in [0.5, 0.6) is 0 Å². The summed E-state index contributed by atoms with van der Waals surface area (Å²) < 4.78 is 1.38. The molecular weight excluding hydrogens is 356 g/mol. The van der Waals surface area contributed by atoms with Gasteiger partial charge < -0.3 is 4.90 Å². The molecule has 2 aliphatic rings. The van der Waals surface area contributed by atoms with Crippen molar-refractivity contribution in [2.45, 2.75) is 0 Å². The van der Waals surface area contributed by atoms with E-state index in [0.717, 1.165) is 31.7 Å². The van der Waals surface area contributed by atoms with Crippen LogP contribution in [0.3, 0.4) is 0 Å². The Morgan fingerprint density at radius 2 is 1.93 bits per heavy atom. The van der Waals surface area contributed by atoms with Gasteiger partial charge in [-0.1, -0.05) is 6.07 Å². The van der Waals surface area contributed by atoms with Crippen molar-refractivity contribution in [3.8, 4) is 5.69 Å². The Morgan fingerprint density at radius 3 is 2.75 bits per heavy atom. The van der Waals surface area contributed by atoms with Gasteiger partial charge in [0, 0.05) is 38.6 Å². The van der Waals surface area contributed by atoms with E-state index in [9.17, 15) is 9.59 Å². The zero-order valence-electron chi connectivity index (χ0n) is 15.4. The first kappa shape index (κ1) is 16.8. The van der Waals surface area contributed by atoms with Crippen molar-refractivity contribution in [2.24, 2.45) is 5.10 Å². The number of ketones is 1. The van der Waals surface area contributed by atoms with Crippen molar-refractivity contribution < 1.29 is 4.79 Å². The number of aromatic nitrogens is 3. The van der Waals surface area contributed by atoms with Gasteiger partial charge in [0.15, 0.2) is 5.82 Å². The fourth-order valence-corrected chi connectivity index (χ4v) is 3.60. The largest absolute Gasteiger partial charge is 0.303 e. The van der Waals surface area contributed by atoms with Gasteiger partial charge in [-0.15, -0.1) is 0 Å². The number of carbonyl (C=O) groups is 1. The van der Waals surface area contributed by atoms with Crippen molar-refractivity contribution >= 4 is 22.9 Å². The van der Waals surface area contributed by atoms with Crippen LogP contribution in [0.4, 0.5) is 0 Å². The second kappa shape index (κ2) is 6.35. The van der Waals surface area contributed by atoms with E-state index >= 15 is 0 Å². The molecule has 0 saturated carbocycles. The van der Waals surface area contributed by atoms with E-state index in [1.54, 1.807) is 30.6 Å². The first-order chi connectivity index (χ1) is 13.6. The van der Waals surface area contributed by atoms with Gasteiger partial charge in [0.2, 0.25) is 5.78 Å². The number of benzene rings is 1. The van der Waals surface area contributed by atoms with Crippen LogP contribution in [0.1, 0.15) is 21.7 Å². The summed E-state index contributed by atoms with van der Waals surface area (Å²) in [5.41, 5.74) is 2.04. The lowest BCUT2D eigenvalue weighted by molar-refractivity contribution is 0.103. The first-order valence-corrected chi connectivity index (χ1v) is 9.15. The van der Waals surface area contributed by atoms with E-state index in [4.69, 9.17) is 0 Å².